The second kappa shape index (κ2) is 15.6. The number of rotatable bonds is 6. The van der Waals surface area contributed by atoms with Crippen molar-refractivity contribution in [3.63, 3.8) is 0 Å². The third-order valence-corrected chi connectivity index (χ3v) is 8.68. The van der Waals surface area contributed by atoms with Crippen molar-refractivity contribution in [2.75, 3.05) is 0 Å². The summed E-state index contributed by atoms with van der Waals surface area (Å²) in [6.45, 7) is 7.95. The fourth-order valence-corrected chi connectivity index (χ4v) is 5.74. The molecule has 0 bridgehead atoms. The first-order valence-corrected chi connectivity index (χ1v) is 15.7. The van der Waals surface area contributed by atoms with Gasteiger partial charge >= 0.3 is 12.4 Å². The average molecular weight is 851 g/mol. The Morgan fingerprint density at radius 2 is 0.857 bits per heavy atom. The molecule has 0 N–H and O–H groups in total. The Kier molecular flexibility index (Phi) is 12.1. The zero-order chi connectivity index (χ0) is 34.6. The Hall–Kier alpha value is -4.07. The summed E-state index contributed by atoms with van der Waals surface area (Å²) in [6.07, 6.45) is -10.2. The molecule has 6 aromatic rings. The molecule has 2 aromatic heterocycles. The van der Waals surface area contributed by atoms with Crippen LogP contribution in [-0.2, 0) is 32.9 Å². The van der Waals surface area contributed by atoms with E-state index in [0.717, 1.165) is 55.2 Å². The van der Waals surface area contributed by atoms with Crippen LogP contribution in [0, 0.1) is 27.7 Å². The minimum Gasteiger partial charge on any atom is -0.247 e. The van der Waals surface area contributed by atoms with Crippen LogP contribution in [0.1, 0.15) is 46.2 Å². The molecule has 4 aromatic carbocycles. The van der Waals surface area contributed by atoms with Gasteiger partial charge in [-0.05, 0) is 98.2 Å². The van der Waals surface area contributed by atoms with E-state index in [0.29, 0.717) is 22.5 Å². The maximum Gasteiger partial charge on any atom is 0.389 e. The van der Waals surface area contributed by atoms with Crippen LogP contribution in [0.4, 0.5) is 26.3 Å². The van der Waals surface area contributed by atoms with Crippen molar-refractivity contribution in [2.45, 2.75) is 65.7 Å². The third kappa shape index (κ3) is 9.55. The molecule has 0 unspecified atom stereocenters. The van der Waals surface area contributed by atoms with Gasteiger partial charge in [-0.3, -0.25) is 0 Å². The minimum atomic E-state index is -4.18. The second-order valence-corrected chi connectivity index (χ2v) is 12.1. The number of para-hydroxylation sites is 2. The first-order chi connectivity index (χ1) is 22.7. The number of hydrogen-bond acceptors (Lipinski definition) is 2. The largest absolute Gasteiger partial charge is 0.389 e. The van der Waals surface area contributed by atoms with Crippen LogP contribution in [0.15, 0.2) is 97.1 Å². The minimum absolute atomic E-state index is 0. The smallest absolute Gasteiger partial charge is 0.247 e. The van der Waals surface area contributed by atoms with E-state index in [1.54, 1.807) is 0 Å². The van der Waals surface area contributed by atoms with Gasteiger partial charge in [0.05, 0.1) is 22.4 Å². The molecule has 0 amide bonds. The van der Waals surface area contributed by atoms with Crippen molar-refractivity contribution in [1.82, 2.24) is 9.97 Å². The predicted molar refractivity (Wildman–Crippen MR) is 182 cm³/mol. The Balaban J connectivity index is 0.000000216. The number of nitrogens with zero attached hydrogens (tertiary/aromatic N) is 2. The number of hydrogen-bond donors (Lipinski definition) is 0. The molecular weight excluding hydrogens is 815 g/mol. The number of aryl methyl sites for hydroxylation is 4. The summed E-state index contributed by atoms with van der Waals surface area (Å²) in [5.41, 5.74) is 10.3. The quantitative estimate of drug-likeness (QED) is 0.156. The zero-order valence-corrected chi connectivity index (χ0v) is 30.0. The molecule has 6 rings (SSSR count). The van der Waals surface area contributed by atoms with E-state index in [4.69, 9.17) is 0 Å². The number of fused-ring (bicyclic) bond motifs is 2. The van der Waals surface area contributed by atoms with Gasteiger partial charge in [0.2, 0.25) is 0 Å². The van der Waals surface area contributed by atoms with Crippen LogP contribution >= 0.6 is 0 Å². The summed E-state index contributed by atoms with van der Waals surface area (Å²) in [7, 11) is 0. The molecule has 0 atom stereocenters. The Morgan fingerprint density at radius 3 is 1.22 bits per heavy atom. The van der Waals surface area contributed by atoms with Crippen molar-refractivity contribution in [1.29, 1.82) is 0 Å². The molecule has 0 saturated heterocycles. The fourth-order valence-electron chi connectivity index (χ4n) is 5.74. The monoisotopic (exact) mass is 851 g/mol. The van der Waals surface area contributed by atoms with E-state index >= 15 is 0 Å². The van der Waals surface area contributed by atoms with Crippen LogP contribution in [0.3, 0.4) is 0 Å². The maximum absolute atomic E-state index is 12.7. The van der Waals surface area contributed by atoms with Crippen molar-refractivity contribution in [3.05, 3.63) is 130 Å². The molecule has 9 heteroatoms. The van der Waals surface area contributed by atoms with Crippen LogP contribution in [0.2, 0.25) is 0 Å². The Labute approximate surface area is 296 Å². The van der Waals surface area contributed by atoms with E-state index in [-0.39, 0.29) is 32.9 Å². The van der Waals surface area contributed by atoms with Gasteiger partial charge in [-0.2, -0.15) is 26.3 Å². The van der Waals surface area contributed by atoms with E-state index in [2.05, 4.69) is 9.97 Å². The van der Waals surface area contributed by atoms with Gasteiger partial charge in [0, 0.05) is 54.8 Å². The van der Waals surface area contributed by atoms with Gasteiger partial charge in [-0.15, -0.1) is 0 Å². The number of pyridine rings is 2. The molecule has 0 aliphatic heterocycles. The molecule has 2 nitrogen and oxygen atoms in total. The molecule has 0 aliphatic carbocycles. The van der Waals surface area contributed by atoms with Gasteiger partial charge < -0.3 is 0 Å². The van der Waals surface area contributed by atoms with Crippen LogP contribution in [0.25, 0.3) is 44.3 Å². The molecule has 1 radical (unpaired) electrons. The van der Waals surface area contributed by atoms with Crippen LogP contribution in [0.5, 0.6) is 0 Å². The molecule has 2 heterocycles. The van der Waals surface area contributed by atoms with Crippen molar-refractivity contribution in [3.8, 4) is 22.5 Å². The Morgan fingerprint density at radius 1 is 0.490 bits per heavy atom. The molecule has 0 saturated carbocycles. The summed E-state index contributed by atoms with van der Waals surface area (Å²) < 4.78 is 76.3. The van der Waals surface area contributed by atoms with Crippen molar-refractivity contribution in [2.24, 2.45) is 0 Å². The van der Waals surface area contributed by atoms with Gasteiger partial charge in [0.15, 0.2) is 0 Å². The van der Waals surface area contributed by atoms with Gasteiger partial charge in [0.1, 0.15) is 0 Å². The van der Waals surface area contributed by atoms with Gasteiger partial charge in [-0.1, -0.05) is 72.8 Å². The third-order valence-electron chi connectivity index (χ3n) is 8.68. The molecular formula is C40H36F6IrN2. The SMILES string of the molecule is Cc1cccc(-c2nc3ccccc3cc2CCC(F)(F)F)c1C.Cc1cccc(-c2nc3ccccc3cc2CCC(F)(F)F)c1C.[Ir]. The predicted octanol–water partition coefficient (Wildman–Crippen LogP) is 12.0. The van der Waals surface area contributed by atoms with Crippen molar-refractivity contribution >= 4 is 21.8 Å². The van der Waals surface area contributed by atoms with Crippen molar-refractivity contribution < 1.29 is 46.4 Å². The summed E-state index contributed by atoms with van der Waals surface area (Å²) in [5, 5.41) is 1.73. The summed E-state index contributed by atoms with van der Waals surface area (Å²) in [4.78, 5) is 9.36. The number of benzene rings is 4. The maximum atomic E-state index is 12.7. The van der Waals surface area contributed by atoms with Crippen LogP contribution in [-0.4, -0.2) is 22.3 Å². The van der Waals surface area contributed by atoms with Gasteiger partial charge in [-0.25, -0.2) is 9.97 Å². The van der Waals surface area contributed by atoms with E-state index in [1.165, 1.54) is 0 Å². The van der Waals surface area contributed by atoms with Gasteiger partial charge in [0.25, 0.3) is 0 Å². The van der Waals surface area contributed by atoms with E-state index in [1.807, 2.05) is 125 Å². The fraction of sp³-hybridized carbons (Fsp3) is 0.250. The number of halogens is 6. The zero-order valence-electron chi connectivity index (χ0n) is 27.6. The van der Waals surface area contributed by atoms with E-state index in [9.17, 15) is 26.3 Å². The number of alkyl halides is 6. The first kappa shape index (κ1) is 37.7. The molecule has 0 spiro atoms. The summed E-state index contributed by atoms with van der Waals surface area (Å²) in [5.74, 6) is 0. The standard InChI is InChI=1S/2C20H18F3N.Ir/c2*1-13-6-5-8-17(14(13)2)19-16(10-11-20(21,22)23)12-15-7-3-4-9-18(15)24-19;/h2*3-9,12H,10-11H2,1-2H3;. The molecule has 49 heavy (non-hydrogen) atoms. The Bertz CT molecular complexity index is 1920. The number of aromatic nitrogens is 2. The second-order valence-electron chi connectivity index (χ2n) is 12.1. The molecule has 0 fully saturated rings. The normalized spacial score (nSPS) is 11.6. The summed E-state index contributed by atoms with van der Waals surface area (Å²) >= 11 is 0. The average Bonchev–Trinajstić information content (AvgIpc) is 3.04. The molecule has 257 valence electrons. The van der Waals surface area contributed by atoms with Crippen LogP contribution < -0.4 is 0 Å². The first-order valence-electron chi connectivity index (χ1n) is 15.7. The summed E-state index contributed by atoms with van der Waals surface area (Å²) in [6, 6.07) is 30.4. The molecule has 0 aliphatic rings. The van der Waals surface area contributed by atoms with E-state index < -0.39 is 25.2 Å². The topological polar surface area (TPSA) is 25.8 Å².